The standard InChI is InChI=1S/C21H21F3N4O.C2H6/c1-13-6-4-7-15(10-13)27(3)20(29)18-8-5-9-28(18)19-16(12-25)17(21(22,23)24)11-14(2)26-19;1-2/h4,6-7,10-11,18H,5,8-9H2,1-3H3;1-2H3. The Hall–Kier alpha value is -3.08. The van der Waals surface area contributed by atoms with Crippen LogP contribution in [0.4, 0.5) is 24.7 Å². The number of nitrogens with zero attached hydrogens (tertiary/aromatic N) is 4. The van der Waals surface area contributed by atoms with E-state index in [2.05, 4.69) is 4.98 Å². The molecular formula is C23H27F3N4O. The fourth-order valence-electron chi connectivity index (χ4n) is 3.66. The molecule has 2 heterocycles. The van der Waals surface area contributed by atoms with Crippen LogP contribution in [0.1, 0.15) is 49.1 Å². The number of anilines is 2. The highest BCUT2D eigenvalue weighted by atomic mass is 19.4. The molecule has 0 radical (unpaired) electrons. The molecule has 166 valence electrons. The number of halogens is 3. The first kappa shape index (κ1) is 24.2. The van der Waals surface area contributed by atoms with Gasteiger partial charge < -0.3 is 9.80 Å². The summed E-state index contributed by atoms with van der Waals surface area (Å²) in [6.45, 7) is 7.73. The Morgan fingerprint density at radius 2 is 1.94 bits per heavy atom. The number of pyridine rings is 1. The van der Waals surface area contributed by atoms with Gasteiger partial charge in [0.05, 0.1) is 5.56 Å². The highest BCUT2D eigenvalue weighted by Gasteiger charge is 2.40. The second-order valence-corrected chi connectivity index (χ2v) is 7.21. The molecule has 0 spiro atoms. The fourth-order valence-corrected chi connectivity index (χ4v) is 3.66. The lowest BCUT2D eigenvalue weighted by atomic mass is 10.1. The van der Waals surface area contributed by atoms with Crippen LogP contribution in [0.3, 0.4) is 0 Å². The Bertz CT molecular complexity index is 982. The van der Waals surface area contributed by atoms with Crippen molar-refractivity contribution in [1.29, 1.82) is 5.26 Å². The van der Waals surface area contributed by atoms with Crippen molar-refractivity contribution in [2.75, 3.05) is 23.4 Å². The van der Waals surface area contributed by atoms with Crippen molar-refractivity contribution in [3.63, 3.8) is 0 Å². The smallest absolute Gasteiger partial charge is 0.343 e. The minimum atomic E-state index is -4.68. The van der Waals surface area contributed by atoms with Gasteiger partial charge in [-0.1, -0.05) is 26.0 Å². The van der Waals surface area contributed by atoms with E-state index in [9.17, 15) is 23.2 Å². The zero-order valence-corrected chi connectivity index (χ0v) is 18.4. The number of carbonyl (C=O) groups is 1. The van der Waals surface area contributed by atoms with Crippen molar-refractivity contribution in [3.8, 4) is 6.07 Å². The molecule has 2 aromatic rings. The number of amides is 1. The first-order valence-corrected chi connectivity index (χ1v) is 10.2. The number of benzene rings is 1. The molecule has 0 bridgehead atoms. The lowest BCUT2D eigenvalue weighted by molar-refractivity contribution is -0.137. The lowest BCUT2D eigenvalue weighted by Gasteiger charge is -2.30. The Balaban J connectivity index is 0.00000166. The predicted octanol–water partition coefficient (Wildman–Crippen LogP) is 5.25. The molecule has 8 heteroatoms. The number of likely N-dealkylation sites (N-methyl/N-ethyl adjacent to an activating group) is 1. The normalized spacial score (nSPS) is 15.7. The molecule has 1 amide bonds. The van der Waals surface area contributed by atoms with Gasteiger partial charge in [0.1, 0.15) is 23.5 Å². The lowest BCUT2D eigenvalue weighted by Crippen LogP contribution is -2.45. The van der Waals surface area contributed by atoms with Crippen molar-refractivity contribution in [2.45, 2.75) is 52.8 Å². The van der Waals surface area contributed by atoms with Crippen LogP contribution in [-0.2, 0) is 11.0 Å². The van der Waals surface area contributed by atoms with Gasteiger partial charge in [-0.15, -0.1) is 0 Å². The molecule has 1 fully saturated rings. The first-order valence-electron chi connectivity index (χ1n) is 10.2. The highest BCUT2D eigenvalue weighted by Crippen LogP contribution is 2.38. The van der Waals surface area contributed by atoms with Gasteiger partial charge in [0.25, 0.3) is 0 Å². The minimum absolute atomic E-state index is 0.0756. The zero-order valence-electron chi connectivity index (χ0n) is 18.4. The summed E-state index contributed by atoms with van der Waals surface area (Å²) >= 11 is 0. The van der Waals surface area contributed by atoms with Crippen molar-refractivity contribution in [3.05, 3.63) is 52.7 Å². The van der Waals surface area contributed by atoms with E-state index in [1.807, 2.05) is 39.0 Å². The number of carbonyl (C=O) groups excluding carboxylic acids is 1. The second kappa shape index (κ2) is 9.82. The number of nitriles is 1. The minimum Gasteiger partial charge on any atom is -0.343 e. The number of hydrogen-bond acceptors (Lipinski definition) is 4. The molecule has 0 N–H and O–H groups in total. The molecule has 1 atom stereocenters. The Labute approximate surface area is 181 Å². The average Bonchev–Trinajstić information content (AvgIpc) is 3.22. The second-order valence-electron chi connectivity index (χ2n) is 7.21. The molecule has 5 nitrogen and oxygen atoms in total. The molecule has 1 unspecified atom stereocenters. The monoisotopic (exact) mass is 432 g/mol. The van der Waals surface area contributed by atoms with Gasteiger partial charge in [0.2, 0.25) is 5.91 Å². The summed E-state index contributed by atoms with van der Waals surface area (Å²) in [5, 5.41) is 9.44. The van der Waals surface area contributed by atoms with E-state index >= 15 is 0 Å². The van der Waals surface area contributed by atoms with Crippen LogP contribution in [0.2, 0.25) is 0 Å². The third kappa shape index (κ3) is 5.16. The molecule has 31 heavy (non-hydrogen) atoms. The molecule has 0 aliphatic carbocycles. The number of rotatable bonds is 3. The molecular weight excluding hydrogens is 405 g/mol. The van der Waals surface area contributed by atoms with Gasteiger partial charge in [0.15, 0.2) is 0 Å². The van der Waals surface area contributed by atoms with Crippen LogP contribution in [0.15, 0.2) is 30.3 Å². The van der Waals surface area contributed by atoms with Crippen LogP contribution in [0, 0.1) is 25.2 Å². The maximum atomic E-state index is 13.5. The summed E-state index contributed by atoms with van der Waals surface area (Å²) in [5.41, 5.74) is 0.285. The van der Waals surface area contributed by atoms with Crippen molar-refractivity contribution in [1.82, 2.24) is 4.98 Å². The number of aryl methyl sites for hydroxylation is 2. The molecule has 1 saturated heterocycles. The van der Waals surface area contributed by atoms with Gasteiger partial charge in [-0.25, -0.2) is 4.98 Å². The van der Waals surface area contributed by atoms with Gasteiger partial charge in [-0.2, -0.15) is 18.4 Å². The average molecular weight is 432 g/mol. The van der Waals surface area contributed by atoms with E-state index < -0.39 is 23.3 Å². The van der Waals surface area contributed by atoms with Gasteiger partial charge in [-0.05, 0) is 50.5 Å². The zero-order chi connectivity index (χ0) is 23.3. The molecule has 1 aliphatic rings. The third-order valence-corrected chi connectivity index (χ3v) is 5.08. The molecule has 1 aliphatic heterocycles. The molecule has 0 saturated carbocycles. The fraction of sp³-hybridized carbons (Fsp3) is 0.435. The maximum Gasteiger partial charge on any atom is 0.417 e. The Morgan fingerprint density at radius 1 is 1.26 bits per heavy atom. The highest BCUT2D eigenvalue weighted by molar-refractivity contribution is 5.99. The maximum absolute atomic E-state index is 13.5. The summed E-state index contributed by atoms with van der Waals surface area (Å²) in [4.78, 5) is 20.4. The van der Waals surface area contributed by atoms with Gasteiger partial charge in [0, 0.05) is 25.0 Å². The van der Waals surface area contributed by atoms with Crippen molar-refractivity contribution in [2.24, 2.45) is 0 Å². The van der Waals surface area contributed by atoms with E-state index in [0.717, 1.165) is 11.6 Å². The summed E-state index contributed by atoms with van der Waals surface area (Å²) < 4.78 is 40.4. The van der Waals surface area contributed by atoms with Crippen LogP contribution < -0.4 is 9.80 Å². The number of hydrogen-bond donors (Lipinski definition) is 0. The molecule has 3 rings (SSSR count). The number of aromatic nitrogens is 1. The first-order chi connectivity index (χ1) is 14.6. The topological polar surface area (TPSA) is 60.2 Å². The van der Waals surface area contributed by atoms with Gasteiger partial charge >= 0.3 is 6.18 Å². The summed E-state index contributed by atoms with van der Waals surface area (Å²) in [7, 11) is 1.64. The van der Waals surface area contributed by atoms with E-state index in [-0.39, 0.29) is 17.4 Å². The van der Waals surface area contributed by atoms with Crippen LogP contribution >= 0.6 is 0 Å². The quantitative estimate of drug-likeness (QED) is 0.665. The van der Waals surface area contributed by atoms with Crippen molar-refractivity contribution < 1.29 is 18.0 Å². The van der Waals surface area contributed by atoms with Crippen LogP contribution in [-0.4, -0.2) is 30.5 Å². The Kier molecular flexibility index (Phi) is 7.66. The van der Waals surface area contributed by atoms with Crippen LogP contribution in [0.25, 0.3) is 0 Å². The molecule has 1 aromatic carbocycles. The van der Waals surface area contributed by atoms with E-state index in [1.54, 1.807) is 19.2 Å². The largest absolute Gasteiger partial charge is 0.417 e. The Morgan fingerprint density at radius 3 is 2.52 bits per heavy atom. The van der Waals surface area contributed by atoms with Gasteiger partial charge in [-0.3, -0.25) is 4.79 Å². The molecule has 1 aromatic heterocycles. The van der Waals surface area contributed by atoms with E-state index in [4.69, 9.17) is 0 Å². The van der Waals surface area contributed by atoms with E-state index in [1.165, 1.54) is 16.7 Å². The SMILES string of the molecule is CC.Cc1cccc(N(C)C(=O)C2CCCN2c2nc(C)cc(C(F)(F)F)c2C#N)c1. The predicted molar refractivity (Wildman–Crippen MR) is 115 cm³/mol. The van der Waals surface area contributed by atoms with Crippen LogP contribution in [0.5, 0.6) is 0 Å². The summed E-state index contributed by atoms with van der Waals surface area (Å²) in [5.74, 6) is -0.317. The van der Waals surface area contributed by atoms with Crippen molar-refractivity contribution >= 4 is 17.4 Å². The third-order valence-electron chi connectivity index (χ3n) is 5.08. The summed E-state index contributed by atoms with van der Waals surface area (Å²) in [6, 6.07) is 9.27. The van der Waals surface area contributed by atoms with E-state index in [0.29, 0.717) is 25.1 Å². The number of alkyl halides is 3. The summed E-state index contributed by atoms with van der Waals surface area (Å²) in [6.07, 6.45) is -3.57.